The highest BCUT2D eigenvalue weighted by atomic mass is 32.2. The Morgan fingerprint density at radius 3 is 2.52 bits per heavy atom. The van der Waals surface area contributed by atoms with Gasteiger partial charge in [-0.25, -0.2) is 13.6 Å². The first-order valence-electron chi connectivity index (χ1n) is 7.12. The van der Waals surface area contributed by atoms with E-state index in [1.807, 2.05) is 6.92 Å². The normalized spacial score (nSPS) is 17.0. The van der Waals surface area contributed by atoms with Crippen molar-refractivity contribution < 1.29 is 13.2 Å². The van der Waals surface area contributed by atoms with Gasteiger partial charge >= 0.3 is 0 Å². The summed E-state index contributed by atoms with van der Waals surface area (Å²) in [5.74, 6) is 0.0370. The fourth-order valence-electron chi connectivity index (χ4n) is 2.38. The molecule has 1 aromatic heterocycles. The maximum atomic E-state index is 12.2. The molecule has 0 radical (unpaired) electrons. The number of H-pyrrole nitrogens is 1. The topological polar surface area (TPSA) is 118 Å². The molecule has 2 rings (SSSR count). The highest BCUT2D eigenvalue weighted by molar-refractivity contribution is 7.89. The number of nitrogens with zero attached hydrogens (tertiary/aromatic N) is 1. The summed E-state index contributed by atoms with van der Waals surface area (Å²) in [5, 5.41) is 14.5. The second kappa shape index (κ2) is 5.76. The van der Waals surface area contributed by atoms with Gasteiger partial charge in [0.2, 0.25) is 10.0 Å². The summed E-state index contributed by atoms with van der Waals surface area (Å²) >= 11 is 0. The van der Waals surface area contributed by atoms with E-state index < -0.39 is 15.9 Å². The zero-order valence-electron chi connectivity index (χ0n) is 12.5. The predicted octanol–water partition coefficient (Wildman–Crippen LogP) is 1.10. The van der Waals surface area contributed by atoms with Gasteiger partial charge in [-0.3, -0.25) is 9.89 Å². The molecular weight excluding hydrogens is 292 g/mol. The van der Waals surface area contributed by atoms with E-state index in [1.165, 1.54) is 12.8 Å². The molecule has 0 saturated heterocycles. The van der Waals surface area contributed by atoms with E-state index in [0.29, 0.717) is 11.6 Å². The third-order valence-corrected chi connectivity index (χ3v) is 4.57. The van der Waals surface area contributed by atoms with Crippen molar-refractivity contribution in [2.45, 2.75) is 56.9 Å². The van der Waals surface area contributed by atoms with Crippen molar-refractivity contribution in [3.63, 3.8) is 0 Å². The van der Waals surface area contributed by atoms with E-state index in [1.54, 1.807) is 13.8 Å². The number of rotatable bonds is 6. The monoisotopic (exact) mass is 314 g/mol. The van der Waals surface area contributed by atoms with Crippen LogP contribution in [-0.4, -0.2) is 30.6 Å². The van der Waals surface area contributed by atoms with Gasteiger partial charge in [0.15, 0.2) is 5.69 Å². The van der Waals surface area contributed by atoms with Crippen molar-refractivity contribution in [2.24, 2.45) is 11.1 Å². The zero-order valence-corrected chi connectivity index (χ0v) is 13.3. The maximum absolute atomic E-state index is 12.2. The number of aromatic amines is 1. The number of carbonyl (C=O) groups excluding carboxylic acids is 1. The van der Waals surface area contributed by atoms with Crippen molar-refractivity contribution in [3.8, 4) is 0 Å². The number of sulfonamides is 1. The van der Waals surface area contributed by atoms with Crippen LogP contribution in [0.4, 0.5) is 0 Å². The summed E-state index contributed by atoms with van der Waals surface area (Å²) in [6, 6.07) is -0.0162. The van der Waals surface area contributed by atoms with E-state index in [2.05, 4.69) is 15.5 Å². The molecule has 4 N–H and O–H groups in total. The second-order valence-electron chi connectivity index (χ2n) is 6.07. The van der Waals surface area contributed by atoms with Gasteiger partial charge in [-0.05, 0) is 25.2 Å². The Labute approximate surface area is 124 Å². The number of amides is 1. The Kier molecular flexibility index (Phi) is 4.38. The van der Waals surface area contributed by atoms with Gasteiger partial charge in [0.25, 0.3) is 5.91 Å². The standard InChI is InChI=1S/C13H22N4O3S/c1-7(2)10-12(21(14,19)20)11(17-16-10)13(18)15-8(3)6-9-4-5-9/h7-9H,4-6H2,1-3H3,(H,15,18)(H,16,17)(H2,14,19,20). The van der Waals surface area contributed by atoms with Crippen LogP contribution in [0.3, 0.4) is 0 Å². The quantitative estimate of drug-likeness (QED) is 0.728. The summed E-state index contributed by atoms with van der Waals surface area (Å²) in [4.78, 5) is 12.0. The molecular formula is C13H22N4O3S. The summed E-state index contributed by atoms with van der Waals surface area (Å²) in [6.07, 6.45) is 3.29. The first-order chi connectivity index (χ1) is 9.70. The number of primary sulfonamides is 1. The van der Waals surface area contributed by atoms with Gasteiger partial charge < -0.3 is 5.32 Å². The Morgan fingerprint density at radius 2 is 2.05 bits per heavy atom. The van der Waals surface area contributed by atoms with Gasteiger partial charge in [-0.15, -0.1) is 0 Å². The van der Waals surface area contributed by atoms with Gasteiger partial charge in [-0.2, -0.15) is 5.10 Å². The maximum Gasteiger partial charge on any atom is 0.273 e. The average molecular weight is 314 g/mol. The lowest BCUT2D eigenvalue weighted by Gasteiger charge is -2.13. The molecule has 1 saturated carbocycles. The minimum Gasteiger partial charge on any atom is -0.348 e. The minimum absolute atomic E-state index is 0.0162. The minimum atomic E-state index is -4.01. The van der Waals surface area contributed by atoms with Crippen LogP contribution >= 0.6 is 0 Å². The molecule has 1 aromatic rings. The lowest BCUT2D eigenvalue weighted by molar-refractivity contribution is 0.0929. The molecule has 1 aliphatic rings. The Morgan fingerprint density at radius 1 is 1.43 bits per heavy atom. The second-order valence-corrected chi connectivity index (χ2v) is 7.57. The molecule has 1 fully saturated rings. The summed E-state index contributed by atoms with van der Waals surface area (Å²) in [5.41, 5.74) is 0.210. The molecule has 0 bridgehead atoms. The van der Waals surface area contributed by atoms with Crippen molar-refractivity contribution in [3.05, 3.63) is 11.4 Å². The third kappa shape index (κ3) is 3.82. The average Bonchev–Trinajstić information content (AvgIpc) is 3.01. The first kappa shape index (κ1) is 16.0. The molecule has 21 heavy (non-hydrogen) atoms. The molecule has 7 nitrogen and oxygen atoms in total. The predicted molar refractivity (Wildman–Crippen MR) is 78.3 cm³/mol. The third-order valence-electron chi connectivity index (χ3n) is 3.59. The molecule has 1 atom stereocenters. The number of nitrogens with two attached hydrogens (primary N) is 1. The first-order valence-corrected chi connectivity index (χ1v) is 8.66. The molecule has 1 unspecified atom stereocenters. The summed E-state index contributed by atoms with van der Waals surface area (Å²) in [7, 11) is -4.01. The lowest BCUT2D eigenvalue weighted by Crippen LogP contribution is -2.34. The van der Waals surface area contributed by atoms with Crippen LogP contribution in [0, 0.1) is 5.92 Å². The van der Waals surface area contributed by atoms with Crippen molar-refractivity contribution in [1.82, 2.24) is 15.5 Å². The van der Waals surface area contributed by atoms with Crippen LogP contribution < -0.4 is 10.5 Å². The SMILES string of the molecule is CC(CC1CC1)NC(=O)c1n[nH]c(C(C)C)c1S(N)(=O)=O. The van der Waals surface area contributed by atoms with E-state index in [0.717, 1.165) is 6.42 Å². The van der Waals surface area contributed by atoms with Gasteiger partial charge in [0, 0.05) is 6.04 Å². The molecule has 1 aliphatic carbocycles. The molecule has 1 amide bonds. The largest absolute Gasteiger partial charge is 0.348 e. The number of hydrogen-bond acceptors (Lipinski definition) is 4. The molecule has 8 heteroatoms. The van der Waals surface area contributed by atoms with E-state index >= 15 is 0 Å². The Bertz CT molecular complexity index is 632. The van der Waals surface area contributed by atoms with Crippen LogP contribution in [0.2, 0.25) is 0 Å². The molecule has 1 heterocycles. The van der Waals surface area contributed by atoms with Crippen LogP contribution in [-0.2, 0) is 10.0 Å². The number of carbonyl (C=O) groups is 1. The van der Waals surface area contributed by atoms with Crippen LogP contribution in [0.1, 0.15) is 62.1 Å². The van der Waals surface area contributed by atoms with Gasteiger partial charge in [0.05, 0.1) is 5.69 Å². The summed E-state index contributed by atoms with van der Waals surface area (Å²) in [6.45, 7) is 5.52. The molecule has 118 valence electrons. The lowest BCUT2D eigenvalue weighted by atomic mass is 10.1. The highest BCUT2D eigenvalue weighted by Gasteiger charge is 2.30. The molecule has 0 aromatic carbocycles. The van der Waals surface area contributed by atoms with E-state index in [4.69, 9.17) is 5.14 Å². The molecule has 0 spiro atoms. The number of aromatic nitrogens is 2. The zero-order chi connectivity index (χ0) is 15.8. The van der Waals surface area contributed by atoms with E-state index in [-0.39, 0.29) is 22.5 Å². The Balaban J connectivity index is 2.24. The number of nitrogens with one attached hydrogen (secondary N) is 2. The van der Waals surface area contributed by atoms with Crippen LogP contribution in [0.25, 0.3) is 0 Å². The fourth-order valence-corrected chi connectivity index (χ4v) is 3.38. The Hall–Kier alpha value is -1.41. The fraction of sp³-hybridized carbons (Fsp3) is 0.692. The van der Waals surface area contributed by atoms with Crippen LogP contribution in [0.15, 0.2) is 4.90 Å². The van der Waals surface area contributed by atoms with Gasteiger partial charge in [0.1, 0.15) is 4.90 Å². The van der Waals surface area contributed by atoms with Crippen molar-refractivity contribution in [1.29, 1.82) is 0 Å². The highest BCUT2D eigenvalue weighted by Crippen LogP contribution is 2.33. The van der Waals surface area contributed by atoms with Crippen LogP contribution in [0.5, 0.6) is 0 Å². The smallest absolute Gasteiger partial charge is 0.273 e. The number of hydrogen-bond donors (Lipinski definition) is 3. The van der Waals surface area contributed by atoms with Gasteiger partial charge in [-0.1, -0.05) is 26.7 Å². The summed E-state index contributed by atoms with van der Waals surface area (Å²) < 4.78 is 23.5. The van der Waals surface area contributed by atoms with Crippen molar-refractivity contribution >= 4 is 15.9 Å². The van der Waals surface area contributed by atoms with E-state index in [9.17, 15) is 13.2 Å². The van der Waals surface area contributed by atoms with Crippen molar-refractivity contribution in [2.75, 3.05) is 0 Å². The molecule has 0 aliphatic heterocycles.